The van der Waals surface area contributed by atoms with E-state index >= 15 is 0 Å². The van der Waals surface area contributed by atoms with Crippen LogP contribution in [0.5, 0.6) is 0 Å². The van der Waals surface area contributed by atoms with Crippen LogP contribution >= 0.6 is 0 Å². The van der Waals surface area contributed by atoms with Gasteiger partial charge >= 0.3 is 0 Å². The number of ether oxygens (including phenoxy) is 1. The van der Waals surface area contributed by atoms with Crippen LogP contribution < -0.4 is 5.32 Å². The zero-order chi connectivity index (χ0) is 13.8. The molecule has 2 aliphatic rings. The van der Waals surface area contributed by atoms with Gasteiger partial charge in [-0.3, -0.25) is 0 Å². The maximum absolute atomic E-state index is 5.62. The first-order valence-corrected chi connectivity index (χ1v) is 7.86. The Balaban J connectivity index is 1.47. The molecule has 1 aromatic heterocycles. The van der Waals surface area contributed by atoms with E-state index in [0.29, 0.717) is 0 Å². The number of nitrogens with zero attached hydrogens (tertiary/aromatic N) is 1. The first-order chi connectivity index (χ1) is 9.81. The first kappa shape index (κ1) is 14.1. The Morgan fingerprint density at radius 1 is 1.25 bits per heavy atom. The van der Waals surface area contributed by atoms with Gasteiger partial charge in [-0.05, 0) is 44.7 Å². The highest BCUT2D eigenvalue weighted by Crippen LogP contribution is 2.21. The fourth-order valence-corrected chi connectivity index (χ4v) is 2.91. The molecule has 112 valence electrons. The molecule has 1 aromatic rings. The molecule has 1 N–H and O–H groups in total. The average Bonchev–Trinajstić information content (AvgIpc) is 3.18. The Hall–Kier alpha value is -0.840. The SMILES string of the molecule is CN(Cc1ccoc1CNC1CC1)CC1CCOCC1. The summed E-state index contributed by atoms with van der Waals surface area (Å²) in [6.07, 6.45) is 6.86. The third-order valence-corrected chi connectivity index (χ3v) is 4.32. The maximum Gasteiger partial charge on any atom is 0.122 e. The predicted octanol–water partition coefficient (Wildman–Crippen LogP) is 2.39. The van der Waals surface area contributed by atoms with Gasteiger partial charge in [-0.15, -0.1) is 0 Å². The van der Waals surface area contributed by atoms with E-state index in [1.54, 1.807) is 0 Å². The minimum Gasteiger partial charge on any atom is -0.468 e. The summed E-state index contributed by atoms with van der Waals surface area (Å²) in [6, 6.07) is 2.85. The van der Waals surface area contributed by atoms with Gasteiger partial charge in [0, 0.05) is 37.9 Å². The lowest BCUT2D eigenvalue weighted by Gasteiger charge is -2.27. The van der Waals surface area contributed by atoms with Crippen molar-refractivity contribution in [1.29, 1.82) is 0 Å². The second-order valence-corrected chi connectivity index (χ2v) is 6.28. The molecule has 20 heavy (non-hydrogen) atoms. The second kappa shape index (κ2) is 6.74. The summed E-state index contributed by atoms with van der Waals surface area (Å²) in [5.41, 5.74) is 1.33. The maximum atomic E-state index is 5.62. The zero-order valence-corrected chi connectivity index (χ0v) is 12.4. The molecule has 2 fully saturated rings. The standard InChI is InChI=1S/C16H26N2O2/c1-18(11-13-4-7-19-8-5-13)12-14-6-9-20-16(14)10-17-15-2-3-15/h6,9,13,15,17H,2-5,7-8,10-12H2,1H3. The number of hydrogen-bond donors (Lipinski definition) is 1. The summed E-state index contributed by atoms with van der Waals surface area (Å²) >= 11 is 0. The van der Waals surface area contributed by atoms with E-state index in [2.05, 4.69) is 23.3 Å². The van der Waals surface area contributed by atoms with Crippen LogP contribution in [-0.2, 0) is 17.8 Å². The molecule has 2 heterocycles. The fourth-order valence-electron chi connectivity index (χ4n) is 2.91. The van der Waals surface area contributed by atoms with Crippen molar-refractivity contribution < 1.29 is 9.15 Å². The molecule has 0 radical (unpaired) electrons. The van der Waals surface area contributed by atoms with E-state index in [4.69, 9.17) is 9.15 Å². The van der Waals surface area contributed by atoms with Crippen LogP contribution in [-0.4, -0.2) is 37.7 Å². The summed E-state index contributed by atoms with van der Waals surface area (Å²) in [5, 5.41) is 3.53. The van der Waals surface area contributed by atoms with E-state index in [1.807, 2.05) is 6.26 Å². The fraction of sp³-hybridized carbons (Fsp3) is 0.750. The molecule has 4 nitrogen and oxygen atoms in total. The summed E-state index contributed by atoms with van der Waals surface area (Å²) in [4.78, 5) is 2.42. The van der Waals surface area contributed by atoms with Gasteiger partial charge < -0.3 is 19.4 Å². The summed E-state index contributed by atoms with van der Waals surface area (Å²) in [7, 11) is 2.21. The molecule has 1 aliphatic carbocycles. The Morgan fingerprint density at radius 2 is 2.05 bits per heavy atom. The van der Waals surface area contributed by atoms with E-state index in [0.717, 1.165) is 50.6 Å². The lowest BCUT2D eigenvalue weighted by atomic mass is 10.00. The Bertz CT molecular complexity index is 408. The van der Waals surface area contributed by atoms with Crippen LogP contribution in [0.4, 0.5) is 0 Å². The van der Waals surface area contributed by atoms with Crippen molar-refractivity contribution in [2.24, 2.45) is 5.92 Å². The molecule has 0 aromatic carbocycles. The highest BCUT2D eigenvalue weighted by molar-refractivity contribution is 5.17. The number of hydrogen-bond acceptors (Lipinski definition) is 4. The molecule has 0 spiro atoms. The number of rotatable bonds is 7. The Kier molecular flexibility index (Phi) is 4.76. The third kappa shape index (κ3) is 4.08. The normalized spacial score (nSPS) is 20.7. The molecule has 1 saturated carbocycles. The molecular formula is C16H26N2O2. The van der Waals surface area contributed by atoms with E-state index in [9.17, 15) is 0 Å². The molecular weight excluding hydrogens is 252 g/mol. The largest absolute Gasteiger partial charge is 0.468 e. The van der Waals surface area contributed by atoms with Crippen LogP contribution in [0, 0.1) is 5.92 Å². The van der Waals surface area contributed by atoms with Crippen LogP contribution in [0.2, 0.25) is 0 Å². The van der Waals surface area contributed by atoms with Gasteiger partial charge in [0.05, 0.1) is 12.8 Å². The molecule has 0 bridgehead atoms. The van der Waals surface area contributed by atoms with Gasteiger partial charge in [-0.2, -0.15) is 0 Å². The molecule has 1 aliphatic heterocycles. The Morgan fingerprint density at radius 3 is 2.80 bits per heavy atom. The van der Waals surface area contributed by atoms with Crippen LogP contribution in [0.3, 0.4) is 0 Å². The quantitative estimate of drug-likeness (QED) is 0.831. The van der Waals surface area contributed by atoms with Crippen molar-refractivity contribution in [3.63, 3.8) is 0 Å². The molecule has 0 unspecified atom stereocenters. The minimum absolute atomic E-state index is 0.730. The molecule has 3 rings (SSSR count). The van der Waals surface area contributed by atoms with Gasteiger partial charge in [-0.25, -0.2) is 0 Å². The van der Waals surface area contributed by atoms with Gasteiger partial charge in [0.15, 0.2) is 0 Å². The highest BCUT2D eigenvalue weighted by Gasteiger charge is 2.21. The zero-order valence-electron chi connectivity index (χ0n) is 12.4. The van der Waals surface area contributed by atoms with Gasteiger partial charge in [0.1, 0.15) is 5.76 Å². The first-order valence-electron chi connectivity index (χ1n) is 7.86. The third-order valence-electron chi connectivity index (χ3n) is 4.32. The average molecular weight is 278 g/mol. The molecule has 0 amide bonds. The predicted molar refractivity (Wildman–Crippen MR) is 78.4 cm³/mol. The van der Waals surface area contributed by atoms with Crippen LogP contribution in [0.25, 0.3) is 0 Å². The molecule has 0 atom stereocenters. The van der Waals surface area contributed by atoms with Gasteiger partial charge in [-0.1, -0.05) is 0 Å². The number of nitrogens with one attached hydrogen (secondary N) is 1. The lowest BCUT2D eigenvalue weighted by Crippen LogP contribution is -2.29. The van der Waals surface area contributed by atoms with Crippen LogP contribution in [0.1, 0.15) is 37.0 Å². The minimum atomic E-state index is 0.730. The smallest absolute Gasteiger partial charge is 0.122 e. The van der Waals surface area contributed by atoms with Gasteiger partial charge in [0.2, 0.25) is 0 Å². The number of furan rings is 1. The van der Waals surface area contributed by atoms with Crippen molar-refractivity contribution in [1.82, 2.24) is 10.2 Å². The molecule has 1 saturated heterocycles. The lowest BCUT2D eigenvalue weighted by molar-refractivity contribution is 0.0549. The van der Waals surface area contributed by atoms with Crippen LogP contribution in [0.15, 0.2) is 16.7 Å². The van der Waals surface area contributed by atoms with E-state index in [-0.39, 0.29) is 0 Å². The van der Waals surface area contributed by atoms with Crippen molar-refractivity contribution in [2.75, 3.05) is 26.8 Å². The monoisotopic (exact) mass is 278 g/mol. The summed E-state index contributed by atoms with van der Waals surface area (Å²) < 4.78 is 11.0. The second-order valence-electron chi connectivity index (χ2n) is 6.28. The highest BCUT2D eigenvalue weighted by atomic mass is 16.5. The molecule has 4 heteroatoms. The van der Waals surface area contributed by atoms with Crippen molar-refractivity contribution in [2.45, 2.75) is 44.8 Å². The topological polar surface area (TPSA) is 37.6 Å². The summed E-state index contributed by atoms with van der Waals surface area (Å²) in [6.45, 7) is 4.87. The van der Waals surface area contributed by atoms with Crippen molar-refractivity contribution >= 4 is 0 Å². The van der Waals surface area contributed by atoms with E-state index in [1.165, 1.54) is 31.2 Å². The van der Waals surface area contributed by atoms with E-state index < -0.39 is 0 Å². The summed E-state index contributed by atoms with van der Waals surface area (Å²) in [5.74, 6) is 1.89. The van der Waals surface area contributed by atoms with Gasteiger partial charge in [0.25, 0.3) is 0 Å². The Labute approximate surface area is 121 Å². The van der Waals surface area contributed by atoms with Crippen molar-refractivity contribution in [3.05, 3.63) is 23.7 Å². The van der Waals surface area contributed by atoms with Crippen molar-refractivity contribution in [3.8, 4) is 0 Å².